The SMILES string of the molecule is COc1ccccc1[C@@H](CNC(=O)[C@H](NC(=O)c1ccc(Cl)cc1Cl)C(C)C)N(C)C. The Morgan fingerprint density at radius 1 is 1.10 bits per heavy atom. The fourth-order valence-electron chi connectivity index (χ4n) is 3.25. The van der Waals surface area contributed by atoms with Crippen LogP contribution in [0, 0.1) is 5.92 Å². The maximum absolute atomic E-state index is 13.0. The lowest BCUT2D eigenvalue weighted by Crippen LogP contribution is -2.51. The molecule has 2 aromatic rings. The Morgan fingerprint density at radius 2 is 1.77 bits per heavy atom. The van der Waals surface area contributed by atoms with Gasteiger partial charge in [0.1, 0.15) is 11.8 Å². The fourth-order valence-corrected chi connectivity index (χ4v) is 3.74. The number of amides is 2. The van der Waals surface area contributed by atoms with Gasteiger partial charge in [-0.25, -0.2) is 0 Å². The monoisotopic (exact) mass is 465 g/mol. The number of hydrogen-bond donors (Lipinski definition) is 2. The Bertz CT molecular complexity index is 919. The molecule has 8 heteroatoms. The lowest BCUT2D eigenvalue weighted by atomic mass is 10.0. The second kappa shape index (κ2) is 11.4. The highest BCUT2D eigenvalue weighted by molar-refractivity contribution is 6.36. The van der Waals surface area contributed by atoms with Crippen molar-refractivity contribution in [2.75, 3.05) is 27.7 Å². The zero-order chi connectivity index (χ0) is 23.1. The summed E-state index contributed by atoms with van der Waals surface area (Å²) in [4.78, 5) is 27.7. The van der Waals surface area contributed by atoms with Gasteiger partial charge in [-0.1, -0.05) is 55.2 Å². The Hall–Kier alpha value is -2.28. The molecule has 0 aromatic heterocycles. The largest absolute Gasteiger partial charge is 0.496 e. The van der Waals surface area contributed by atoms with Crippen LogP contribution in [0.2, 0.25) is 10.0 Å². The van der Waals surface area contributed by atoms with Gasteiger partial charge in [-0.3, -0.25) is 9.59 Å². The summed E-state index contributed by atoms with van der Waals surface area (Å²) in [7, 11) is 5.50. The van der Waals surface area contributed by atoms with Gasteiger partial charge >= 0.3 is 0 Å². The van der Waals surface area contributed by atoms with Crippen molar-refractivity contribution in [3.05, 3.63) is 63.6 Å². The molecule has 2 aromatic carbocycles. The van der Waals surface area contributed by atoms with Crippen LogP contribution in [0.1, 0.15) is 35.8 Å². The van der Waals surface area contributed by atoms with E-state index in [1.165, 1.54) is 6.07 Å². The van der Waals surface area contributed by atoms with Crippen molar-refractivity contribution >= 4 is 35.0 Å². The summed E-state index contributed by atoms with van der Waals surface area (Å²) in [6.07, 6.45) is 0. The number of benzene rings is 2. The number of rotatable bonds is 9. The van der Waals surface area contributed by atoms with Crippen molar-refractivity contribution < 1.29 is 14.3 Å². The topological polar surface area (TPSA) is 70.7 Å². The summed E-state index contributed by atoms with van der Waals surface area (Å²) in [5.74, 6) is -0.0692. The minimum Gasteiger partial charge on any atom is -0.496 e. The number of nitrogens with one attached hydrogen (secondary N) is 2. The molecule has 2 atom stereocenters. The number of carbonyl (C=O) groups excluding carboxylic acids is 2. The van der Waals surface area contributed by atoms with Crippen molar-refractivity contribution in [3.8, 4) is 5.75 Å². The normalized spacial score (nSPS) is 13.1. The number of likely N-dealkylation sites (N-methyl/N-ethyl adjacent to an activating group) is 1. The van der Waals surface area contributed by atoms with E-state index in [0.29, 0.717) is 11.6 Å². The molecule has 31 heavy (non-hydrogen) atoms. The smallest absolute Gasteiger partial charge is 0.253 e. The predicted octanol–water partition coefficient (Wildman–Crippen LogP) is 4.18. The van der Waals surface area contributed by atoms with Gasteiger partial charge in [-0.15, -0.1) is 0 Å². The van der Waals surface area contributed by atoms with Crippen LogP contribution in [-0.4, -0.2) is 50.5 Å². The Kier molecular flexibility index (Phi) is 9.16. The Morgan fingerprint density at radius 3 is 2.35 bits per heavy atom. The summed E-state index contributed by atoms with van der Waals surface area (Å²) in [5.41, 5.74) is 1.23. The third-order valence-electron chi connectivity index (χ3n) is 5.00. The van der Waals surface area contributed by atoms with E-state index in [2.05, 4.69) is 10.6 Å². The molecular weight excluding hydrogens is 437 g/mol. The first-order chi connectivity index (χ1) is 14.6. The molecule has 0 unspecified atom stereocenters. The summed E-state index contributed by atoms with van der Waals surface area (Å²) < 4.78 is 5.47. The van der Waals surface area contributed by atoms with E-state index in [4.69, 9.17) is 27.9 Å². The first-order valence-corrected chi connectivity index (χ1v) is 10.7. The summed E-state index contributed by atoms with van der Waals surface area (Å²) in [6.45, 7) is 4.10. The first kappa shape index (κ1) is 25.0. The van der Waals surface area contributed by atoms with Crippen molar-refractivity contribution in [1.82, 2.24) is 15.5 Å². The third-order valence-corrected chi connectivity index (χ3v) is 5.55. The van der Waals surface area contributed by atoms with Crippen LogP contribution in [0.4, 0.5) is 0 Å². The molecule has 0 saturated heterocycles. The van der Waals surface area contributed by atoms with E-state index >= 15 is 0 Å². The second-order valence-electron chi connectivity index (χ2n) is 7.79. The number of hydrogen-bond acceptors (Lipinski definition) is 4. The van der Waals surface area contributed by atoms with E-state index in [1.54, 1.807) is 19.2 Å². The lowest BCUT2D eigenvalue weighted by Gasteiger charge is -2.28. The second-order valence-corrected chi connectivity index (χ2v) is 8.63. The number of halogens is 2. The van der Waals surface area contributed by atoms with E-state index in [1.807, 2.05) is 57.1 Å². The minimum atomic E-state index is -0.722. The molecule has 0 aliphatic rings. The van der Waals surface area contributed by atoms with Crippen LogP contribution in [0.15, 0.2) is 42.5 Å². The number of ether oxygens (including phenoxy) is 1. The molecule has 0 radical (unpaired) electrons. The molecule has 168 valence electrons. The predicted molar refractivity (Wildman–Crippen MR) is 125 cm³/mol. The molecule has 0 spiro atoms. The average Bonchev–Trinajstić information content (AvgIpc) is 2.71. The van der Waals surface area contributed by atoms with Crippen LogP contribution in [0.5, 0.6) is 5.75 Å². The number of methoxy groups -OCH3 is 1. The van der Waals surface area contributed by atoms with Crippen LogP contribution in [0.25, 0.3) is 0 Å². The standard InChI is InChI=1S/C23H29Cl2N3O3/c1-14(2)21(27-22(29)16-11-10-15(24)12-18(16)25)23(30)26-13-19(28(3)4)17-8-6-7-9-20(17)31-5/h6-12,14,19,21H,13H2,1-5H3,(H,26,30)(H,27,29)/t19-,21-/m1/s1. The molecule has 2 N–H and O–H groups in total. The molecule has 0 aliphatic heterocycles. The Balaban J connectivity index is 2.13. The number of nitrogens with zero attached hydrogens (tertiary/aromatic N) is 1. The number of para-hydroxylation sites is 1. The highest BCUT2D eigenvalue weighted by Crippen LogP contribution is 2.27. The van der Waals surface area contributed by atoms with Gasteiger partial charge in [-0.2, -0.15) is 0 Å². The lowest BCUT2D eigenvalue weighted by molar-refractivity contribution is -0.124. The van der Waals surface area contributed by atoms with Crippen LogP contribution >= 0.6 is 23.2 Å². The molecule has 6 nitrogen and oxygen atoms in total. The van der Waals surface area contributed by atoms with Crippen molar-refractivity contribution in [2.24, 2.45) is 5.92 Å². The summed E-state index contributed by atoms with van der Waals surface area (Å²) in [5, 5.41) is 6.43. The van der Waals surface area contributed by atoms with Gasteiger partial charge in [0.05, 0.1) is 23.7 Å². The van der Waals surface area contributed by atoms with Crippen LogP contribution < -0.4 is 15.4 Å². The molecule has 0 fully saturated rings. The van der Waals surface area contributed by atoms with Crippen LogP contribution in [-0.2, 0) is 4.79 Å². The molecular formula is C23H29Cl2N3O3. The molecule has 0 heterocycles. The van der Waals surface area contributed by atoms with Crippen LogP contribution in [0.3, 0.4) is 0 Å². The van der Waals surface area contributed by atoms with Crippen molar-refractivity contribution in [1.29, 1.82) is 0 Å². The van der Waals surface area contributed by atoms with E-state index in [-0.39, 0.29) is 28.5 Å². The van der Waals surface area contributed by atoms with Gasteiger partial charge in [0.15, 0.2) is 0 Å². The van der Waals surface area contributed by atoms with Crippen molar-refractivity contribution in [2.45, 2.75) is 25.9 Å². The highest BCUT2D eigenvalue weighted by Gasteiger charge is 2.27. The van der Waals surface area contributed by atoms with Gasteiger partial charge in [-0.05, 0) is 44.3 Å². The number of carbonyl (C=O) groups is 2. The zero-order valence-corrected chi connectivity index (χ0v) is 19.9. The summed E-state index contributed by atoms with van der Waals surface area (Å²) >= 11 is 12.0. The third kappa shape index (κ3) is 6.60. The zero-order valence-electron chi connectivity index (χ0n) is 18.4. The van der Waals surface area contributed by atoms with Gasteiger partial charge < -0.3 is 20.3 Å². The van der Waals surface area contributed by atoms with Gasteiger partial charge in [0.25, 0.3) is 5.91 Å². The van der Waals surface area contributed by atoms with Gasteiger partial charge in [0, 0.05) is 17.1 Å². The fraction of sp³-hybridized carbons (Fsp3) is 0.391. The maximum Gasteiger partial charge on any atom is 0.253 e. The average molecular weight is 466 g/mol. The molecule has 0 saturated carbocycles. The molecule has 0 bridgehead atoms. The molecule has 0 aliphatic carbocycles. The summed E-state index contributed by atoms with van der Waals surface area (Å²) in [6, 6.07) is 11.5. The van der Waals surface area contributed by atoms with E-state index in [9.17, 15) is 9.59 Å². The van der Waals surface area contributed by atoms with Gasteiger partial charge in [0.2, 0.25) is 5.91 Å². The maximum atomic E-state index is 13.0. The first-order valence-electron chi connectivity index (χ1n) is 9.98. The van der Waals surface area contributed by atoms with Crippen molar-refractivity contribution in [3.63, 3.8) is 0 Å². The highest BCUT2D eigenvalue weighted by atomic mass is 35.5. The van der Waals surface area contributed by atoms with E-state index < -0.39 is 11.9 Å². The Labute approximate surface area is 193 Å². The van der Waals surface area contributed by atoms with E-state index in [0.717, 1.165) is 11.3 Å². The minimum absolute atomic E-state index is 0.102. The molecule has 2 amide bonds. The quantitative estimate of drug-likeness (QED) is 0.582. The molecule has 2 rings (SSSR count).